The second-order valence-electron chi connectivity index (χ2n) is 7.20. The number of ether oxygens (including phenoxy) is 1. The Morgan fingerprint density at radius 2 is 2.00 bits per heavy atom. The highest BCUT2D eigenvalue weighted by Crippen LogP contribution is 2.24. The fraction of sp³-hybridized carbons (Fsp3) is 0.500. The molecular formula is C20H26FN3O3. The van der Waals surface area contributed by atoms with Gasteiger partial charge >= 0.3 is 0 Å². The summed E-state index contributed by atoms with van der Waals surface area (Å²) >= 11 is 0. The molecule has 0 radical (unpaired) electrons. The minimum absolute atomic E-state index is 0.0661. The Labute approximate surface area is 158 Å². The van der Waals surface area contributed by atoms with Gasteiger partial charge in [-0.1, -0.05) is 11.2 Å². The molecular weight excluding hydrogens is 349 g/mol. The van der Waals surface area contributed by atoms with E-state index in [0.29, 0.717) is 30.2 Å². The third-order valence-electron chi connectivity index (χ3n) is 4.78. The van der Waals surface area contributed by atoms with Crippen molar-refractivity contribution >= 4 is 11.6 Å². The molecule has 1 saturated heterocycles. The van der Waals surface area contributed by atoms with Gasteiger partial charge in [0.2, 0.25) is 5.91 Å². The molecule has 1 aromatic carbocycles. The number of carbonyl (C=O) groups excluding carboxylic acids is 1. The Kier molecular flexibility index (Phi) is 5.79. The van der Waals surface area contributed by atoms with Crippen LogP contribution in [0.4, 0.5) is 10.1 Å². The summed E-state index contributed by atoms with van der Waals surface area (Å²) in [6.07, 6.45) is 0.332. The number of benzene rings is 1. The van der Waals surface area contributed by atoms with Gasteiger partial charge < -0.3 is 19.5 Å². The first-order valence-corrected chi connectivity index (χ1v) is 9.20. The number of amides is 1. The van der Waals surface area contributed by atoms with Gasteiger partial charge in [0.1, 0.15) is 11.6 Å². The fourth-order valence-electron chi connectivity index (χ4n) is 3.47. The minimum Gasteiger partial charge on any atom is -0.372 e. The number of halogens is 1. The maximum Gasteiger partial charge on any atom is 0.224 e. The first kappa shape index (κ1) is 19.4. The molecule has 1 aliphatic rings. The van der Waals surface area contributed by atoms with Crippen molar-refractivity contribution in [1.82, 2.24) is 10.5 Å². The lowest BCUT2D eigenvalue weighted by molar-refractivity contribution is -0.120. The van der Waals surface area contributed by atoms with Crippen molar-refractivity contribution < 1.29 is 18.4 Å². The largest absolute Gasteiger partial charge is 0.372 e. The van der Waals surface area contributed by atoms with Crippen LogP contribution in [0.5, 0.6) is 0 Å². The van der Waals surface area contributed by atoms with Crippen molar-refractivity contribution in [3.63, 3.8) is 0 Å². The minimum atomic E-state index is -0.284. The zero-order chi connectivity index (χ0) is 19.6. The lowest BCUT2D eigenvalue weighted by Crippen LogP contribution is -2.45. The van der Waals surface area contributed by atoms with Crippen LogP contribution in [0.2, 0.25) is 0 Å². The summed E-state index contributed by atoms with van der Waals surface area (Å²) in [5, 5.41) is 6.67. The van der Waals surface area contributed by atoms with Gasteiger partial charge in [0.25, 0.3) is 0 Å². The van der Waals surface area contributed by atoms with E-state index in [1.807, 2.05) is 24.8 Å². The molecule has 0 unspecified atom stereocenters. The predicted molar refractivity (Wildman–Crippen MR) is 100 cm³/mol. The number of morpholine rings is 1. The van der Waals surface area contributed by atoms with Crippen molar-refractivity contribution in [2.24, 2.45) is 0 Å². The molecule has 3 rings (SSSR count). The van der Waals surface area contributed by atoms with Crippen molar-refractivity contribution in [1.29, 1.82) is 0 Å². The van der Waals surface area contributed by atoms with Crippen molar-refractivity contribution in [3.05, 3.63) is 46.6 Å². The summed E-state index contributed by atoms with van der Waals surface area (Å²) in [7, 11) is 0. The third-order valence-corrected chi connectivity index (χ3v) is 4.78. The highest BCUT2D eigenvalue weighted by Gasteiger charge is 2.24. The SMILES string of the molecule is Cc1noc(C)c1CC(=O)NCc1ccc(N2C[C@@H](C)O[C@@H](C)C2)c(F)c1. The Balaban J connectivity index is 1.60. The summed E-state index contributed by atoms with van der Waals surface area (Å²) in [4.78, 5) is 14.2. The van der Waals surface area contributed by atoms with Gasteiger partial charge in [-0.05, 0) is 45.4 Å². The van der Waals surface area contributed by atoms with E-state index in [2.05, 4.69) is 10.5 Å². The van der Waals surface area contributed by atoms with Crippen LogP contribution in [-0.2, 0) is 22.5 Å². The fourth-order valence-corrected chi connectivity index (χ4v) is 3.47. The maximum absolute atomic E-state index is 14.6. The number of aromatic nitrogens is 1. The van der Waals surface area contributed by atoms with Crippen LogP contribution < -0.4 is 10.2 Å². The zero-order valence-corrected chi connectivity index (χ0v) is 16.2. The van der Waals surface area contributed by atoms with Crippen LogP contribution in [0.1, 0.15) is 36.4 Å². The molecule has 0 saturated carbocycles. The van der Waals surface area contributed by atoms with E-state index in [4.69, 9.17) is 9.26 Å². The molecule has 7 heteroatoms. The Bertz CT molecular complexity index is 791. The first-order valence-electron chi connectivity index (χ1n) is 9.20. The molecule has 27 heavy (non-hydrogen) atoms. The molecule has 1 N–H and O–H groups in total. The molecule has 2 aromatic rings. The van der Waals surface area contributed by atoms with Crippen molar-refractivity contribution in [2.75, 3.05) is 18.0 Å². The van der Waals surface area contributed by atoms with Crippen LogP contribution in [0.25, 0.3) is 0 Å². The average molecular weight is 375 g/mol. The summed E-state index contributed by atoms with van der Waals surface area (Å²) in [6.45, 7) is 9.16. The highest BCUT2D eigenvalue weighted by molar-refractivity contribution is 5.79. The van der Waals surface area contributed by atoms with Crippen LogP contribution >= 0.6 is 0 Å². The number of hydrogen-bond acceptors (Lipinski definition) is 5. The van der Waals surface area contributed by atoms with E-state index in [1.54, 1.807) is 19.9 Å². The molecule has 0 bridgehead atoms. The van der Waals surface area contributed by atoms with Gasteiger partial charge in [0.15, 0.2) is 0 Å². The molecule has 2 atom stereocenters. The van der Waals surface area contributed by atoms with E-state index < -0.39 is 0 Å². The van der Waals surface area contributed by atoms with Gasteiger partial charge in [0, 0.05) is 25.2 Å². The van der Waals surface area contributed by atoms with Gasteiger partial charge in [0.05, 0.1) is 30.0 Å². The van der Waals surface area contributed by atoms with Crippen LogP contribution in [-0.4, -0.2) is 36.4 Å². The number of nitrogens with one attached hydrogen (secondary N) is 1. The van der Waals surface area contributed by atoms with Gasteiger partial charge in [-0.3, -0.25) is 4.79 Å². The lowest BCUT2D eigenvalue weighted by Gasteiger charge is -2.37. The molecule has 2 heterocycles. The average Bonchev–Trinajstić information content (AvgIpc) is 2.91. The van der Waals surface area contributed by atoms with Crippen LogP contribution in [0.15, 0.2) is 22.7 Å². The molecule has 1 fully saturated rings. The number of nitrogens with zero attached hydrogens (tertiary/aromatic N) is 2. The first-order chi connectivity index (χ1) is 12.8. The Hall–Kier alpha value is -2.41. The quantitative estimate of drug-likeness (QED) is 0.870. The second-order valence-corrected chi connectivity index (χ2v) is 7.20. The standard InChI is InChI=1S/C20H26FN3O3/c1-12-10-24(11-13(2)26-12)19-6-5-16(7-18(19)21)9-22-20(25)8-17-14(3)23-27-15(17)4/h5-7,12-13H,8-11H2,1-4H3,(H,22,25)/t12-,13+. The predicted octanol–water partition coefficient (Wildman–Crippen LogP) is 2.90. The van der Waals surface area contributed by atoms with E-state index >= 15 is 0 Å². The second kappa shape index (κ2) is 8.08. The summed E-state index contributed by atoms with van der Waals surface area (Å²) in [5.74, 6) is 0.213. The molecule has 6 nitrogen and oxygen atoms in total. The van der Waals surface area contributed by atoms with Crippen molar-refractivity contribution in [2.45, 2.75) is 52.9 Å². The number of rotatable bonds is 5. The molecule has 0 aliphatic carbocycles. The topological polar surface area (TPSA) is 67.6 Å². The maximum atomic E-state index is 14.6. The molecule has 146 valence electrons. The Morgan fingerprint density at radius 1 is 1.30 bits per heavy atom. The number of carbonyl (C=O) groups is 1. The molecule has 1 aromatic heterocycles. The van der Waals surface area contributed by atoms with Gasteiger partial charge in [-0.2, -0.15) is 0 Å². The normalized spacial score (nSPS) is 20.0. The summed E-state index contributed by atoms with van der Waals surface area (Å²) < 4.78 is 25.4. The van der Waals surface area contributed by atoms with Crippen LogP contribution in [0.3, 0.4) is 0 Å². The van der Waals surface area contributed by atoms with Crippen LogP contribution in [0, 0.1) is 19.7 Å². The highest BCUT2D eigenvalue weighted by atomic mass is 19.1. The lowest BCUT2D eigenvalue weighted by atomic mass is 10.1. The van der Waals surface area contributed by atoms with Gasteiger partial charge in [-0.25, -0.2) is 4.39 Å². The van der Waals surface area contributed by atoms with Gasteiger partial charge in [-0.15, -0.1) is 0 Å². The molecule has 0 spiro atoms. The molecule has 1 amide bonds. The zero-order valence-electron chi connectivity index (χ0n) is 16.2. The third kappa shape index (κ3) is 4.66. The van der Waals surface area contributed by atoms with Crippen molar-refractivity contribution in [3.8, 4) is 0 Å². The number of anilines is 1. The smallest absolute Gasteiger partial charge is 0.224 e. The van der Waals surface area contributed by atoms with E-state index in [0.717, 1.165) is 11.1 Å². The summed E-state index contributed by atoms with van der Waals surface area (Å²) in [6, 6.07) is 5.10. The number of hydrogen-bond donors (Lipinski definition) is 1. The Morgan fingerprint density at radius 3 is 2.59 bits per heavy atom. The van der Waals surface area contributed by atoms with E-state index in [9.17, 15) is 9.18 Å². The van der Waals surface area contributed by atoms with E-state index in [-0.39, 0.29) is 36.9 Å². The molecule has 1 aliphatic heterocycles. The monoisotopic (exact) mass is 375 g/mol. The van der Waals surface area contributed by atoms with E-state index in [1.165, 1.54) is 6.07 Å². The summed E-state index contributed by atoms with van der Waals surface area (Å²) in [5.41, 5.74) is 2.80. The number of aryl methyl sites for hydroxylation is 2.